The number of hydrogen-bond acceptors (Lipinski definition) is 4. The first-order chi connectivity index (χ1) is 7.79. The number of hydrogen-bond donors (Lipinski definition) is 1. The Labute approximate surface area is 103 Å². The number of carbonyl (C=O) groups is 2. The lowest BCUT2D eigenvalue weighted by atomic mass is 9.98. The van der Waals surface area contributed by atoms with Gasteiger partial charge in [0.05, 0.1) is 0 Å². The largest absolute Gasteiger partial charge is 0.459 e. The molecule has 1 fully saturated rings. The van der Waals surface area contributed by atoms with Crippen LogP contribution in [0.4, 0.5) is 0 Å². The number of rotatable bonds is 4. The van der Waals surface area contributed by atoms with Crippen LogP contribution in [0.1, 0.15) is 52.9 Å². The van der Waals surface area contributed by atoms with Gasteiger partial charge in [-0.25, -0.2) is 0 Å². The Bertz CT molecular complexity index is 294. The van der Waals surface area contributed by atoms with Crippen molar-refractivity contribution in [3.05, 3.63) is 0 Å². The van der Waals surface area contributed by atoms with E-state index in [-0.39, 0.29) is 11.9 Å². The molecule has 2 atom stereocenters. The fourth-order valence-corrected chi connectivity index (χ4v) is 2.07. The zero-order valence-corrected chi connectivity index (χ0v) is 11.0. The highest BCUT2D eigenvalue weighted by atomic mass is 16.6. The molecule has 98 valence electrons. The summed E-state index contributed by atoms with van der Waals surface area (Å²) in [5, 5.41) is 0. The molecule has 0 aromatic heterocycles. The maximum Gasteiger partial charge on any atom is 0.323 e. The molecule has 0 aliphatic heterocycles. The van der Waals surface area contributed by atoms with E-state index < -0.39 is 11.6 Å². The summed E-state index contributed by atoms with van der Waals surface area (Å²) in [5.41, 5.74) is 5.26. The Balaban J connectivity index is 2.31. The monoisotopic (exact) mass is 241 g/mol. The van der Waals surface area contributed by atoms with Gasteiger partial charge in [0.1, 0.15) is 17.4 Å². The molecule has 0 radical (unpaired) electrons. The molecule has 4 nitrogen and oxygen atoms in total. The lowest BCUT2D eigenvalue weighted by molar-refractivity contribution is -0.156. The predicted octanol–water partition coefficient (Wildman–Crippen LogP) is 1.80. The van der Waals surface area contributed by atoms with Crippen molar-refractivity contribution in [1.29, 1.82) is 0 Å². The second kappa shape index (κ2) is 5.63. The first-order valence-electron chi connectivity index (χ1n) is 6.31. The Morgan fingerprint density at radius 1 is 1.53 bits per heavy atom. The summed E-state index contributed by atoms with van der Waals surface area (Å²) in [6.07, 6.45) is 3.85. The molecule has 1 saturated carbocycles. The van der Waals surface area contributed by atoms with Gasteiger partial charge in [-0.2, -0.15) is 0 Å². The van der Waals surface area contributed by atoms with Crippen molar-refractivity contribution < 1.29 is 14.3 Å². The van der Waals surface area contributed by atoms with E-state index in [1.165, 1.54) is 0 Å². The zero-order valence-electron chi connectivity index (χ0n) is 11.0. The molecule has 0 aromatic rings. The van der Waals surface area contributed by atoms with Gasteiger partial charge in [-0.3, -0.25) is 9.59 Å². The van der Waals surface area contributed by atoms with Gasteiger partial charge in [0.15, 0.2) is 0 Å². The average molecular weight is 241 g/mol. The van der Waals surface area contributed by atoms with Crippen molar-refractivity contribution in [1.82, 2.24) is 0 Å². The summed E-state index contributed by atoms with van der Waals surface area (Å²) >= 11 is 0. The molecule has 0 saturated heterocycles. The number of Topliss-reactive ketones (excluding diaryl/α,β-unsaturated/α-hetero) is 1. The van der Waals surface area contributed by atoms with Crippen molar-refractivity contribution in [2.75, 3.05) is 0 Å². The highest BCUT2D eigenvalue weighted by Gasteiger charge is 2.27. The van der Waals surface area contributed by atoms with Crippen LogP contribution in [-0.2, 0) is 14.3 Å². The third-order valence-corrected chi connectivity index (χ3v) is 2.97. The van der Waals surface area contributed by atoms with E-state index in [0.29, 0.717) is 25.0 Å². The number of nitrogens with two attached hydrogens (primary N) is 1. The number of carbonyl (C=O) groups excluding carboxylic acids is 2. The highest BCUT2D eigenvalue weighted by molar-refractivity contribution is 5.83. The van der Waals surface area contributed by atoms with Gasteiger partial charge in [0.25, 0.3) is 0 Å². The van der Waals surface area contributed by atoms with Gasteiger partial charge in [0.2, 0.25) is 0 Å². The van der Waals surface area contributed by atoms with Gasteiger partial charge < -0.3 is 10.5 Å². The van der Waals surface area contributed by atoms with Crippen LogP contribution in [0.3, 0.4) is 0 Å². The average Bonchev–Trinajstić information content (AvgIpc) is 2.57. The van der Waals surface area contributed by atoms with Gasteiger partial charge in [-0.1, -0.05) is 0 Å². The maximum absolute atomic E-state index is 11.6. The fraction of sp³-hybridized carbons (Fsp3) is 0.846. The van der Waals surface area contributed by atoms with Crippen LogP contribution in [0.25, 0.3) is 0 Å². The van der Waals surface area contributed by atoms with Crippen LogP contribution in [-0.4, -0.2) is 23.4 Å². The number of ketones is 1. The second-order valence-electron chi connectivity index (χ2n) is 5.77. The van der Waals surface area contributed by atoms with Crippen molar-refractivity contribution in [2.24, 2.45) is 11.7 Å². The topological polar surface area (TPSA) is 69.4 Å². The summed E-state index contributed by atoms with van der Waals surface area (Å²) in [5.74, 6) is 0.0628. The van der Waals surface area contributed by atoms with Crippen LogP contribution in [0.2, 0.25) is 0 Å². The van der Waals surface area contributed by atoms with E-state index in [1.54, 1.807) is 0 Å². The molecule has 0 heterocycles. The van der Waals surface area contributed by atoms with Crippen LogP contribution in [0, 0.1) is 5.92 Å². The SMILES string of the molecule is CC(C)(C)OC(=O)C(N)CCC1CCCC1=O. The number of esters is 1. The van der Waals surface area contributed by atoms with Gasteiger partial charge in [0, 0.05) is 12.3 Å². The Kier molecular flexibility index (Phi) is 4.69. The van der Waals surface area contributed by atoms with Crippen molar-refractivity contribution >= 4 is 11.8 Å². The van der Waals surface area contributed by atoms with E-state index in [1.807, 2.05) is 20.8 Å². The molecule has 1 rings (SSSR count). The Morgan fingerprint density at radius 3 is 2.65 bits per heavy atom. The lowest BCUT2D eigenvalue weighted by Crippen LogP contribution is -2.37. The summed E-state index contributed by atoms with van der Waals surface area (Å²) < 4.78 is 5.19. The minimum Gasteiger partial charge on any atom is -0.459 e. The van der Waals surface area contributed by atoms with E-state index >= 15 is 0 Å². The van der Waals surface area contributed by atoms with Crippen molar-refractivity contribution in [3.8, 4) is 0 Å². The smallest absolute Gasteiger partial charge is 0.323 e. The minimum absolute atomic E-state index is 0.114. The maximum atomic E-state index is 11.6. The summed E-state index contributed by atoms with van der Waals surface area (Å²) in [6, 6.07) is -0.609. The first-order valence-corrected chi connectivity index (χ1v) is 6.31. The van der Waals surface area contributed by atoms with Gasteiger partial charge >= 0.3 is 5.97 Å². The van der Waals surface area contributed by atoms with E-state index in [9.17, 15) is 9.59 Å². The first kappa shape index (κ1) is 14.2. The van der Waals surface area contributed by atoms with Crippen LogP contribution in [0.5, 0.6) is 0 Å². The molecule has 2 unspecified atom stereocenters. The molecular formula is C13H23NO3. The van der Waals surface area contributed by atoms with Crippen molar-refractivity contribution in [2.45, 2.75) is 64.5 Å². The molecule has 1 aliphatic rings. The normalized spacial score (nSPS) is 22.6. The zero-order chi connectivity index (χ0) is 13.1. The molecule has 17 heavy (non-hydrogen) atoms. The Hall–Kier alpha value is -0.900. The molecule has 2 N–H and O–H groups in total. The molecule has 1 aliphatic carbocycles. The number of ether oxygens (including phenoxy) is 1. The van der Waals surface area contributed by atoms with Crippen LogP contribution < -0.4 is 5.73 Å². The van der Waals surface area contributed by atoms with E-state index in [4.69, 9.17) is 10.5 Å². The van der Waals surface area contributed by atoms with Crippen LogP contribution in [0.15, 0.2) is 0 Å². The summed E-state index contributed by atoms with van der Waals surface area (Å²) in [6.45, 7) is 5.45. The highest BCUT2D eigenvalue weighted by Crippen LogP contribution is 2.26. The van der Waals surface area contributed by atoms with E-state index in [2.05, 4.69) is 0 Å². The van der Waals surface area contributed by atoms with E-state index in [0.717, 1.165) is 12.8 Å². The second-order valence-corrected chi connectivity index (χ2v) is 5.77. The quantitative estimate of drug-likeness (QED) is 0.762. The molecule has 0 spiro atoms. The fourth-order valence-electron chi connectivity index (χ4n) is 2.07. The molecular weight excluding hydrogens is 218 g/mol. The molecule has 4 heteroatoms. The lowest BCUT2D eigenvalue weighted by Gasteiger charge is -2.22. The van der Waals surface area contributed by atoms with Gasteiger partial charge in [-0.05, 0) is 46.5 Å². The predicted molar refractivity (Wildman–Crippen MR) is 65.4 cm³/mol. The van der Waals surface area contributed by atoms with Crippen molar-refractivity contribution in [3.63, 3.8) is 0 Å². The summed E-state index contributed by atoms with van der Waals surface area (Å²) in [7, 11) is 0. The molecule has 0 aromatic carbocycles. The third kappa shape index (κ3) is 4.86. The minimum atomic E-state index is -0.609. The molecule has 0 amide bonds. The third-order valence-electron chi connectivity index (χ3n) is 2.97. The standard InChI is InChI=1S/C13H23NO3/c1-13(2,3)17-12(16)10(14)8-7-9-5-4-6-11(9)15/h9-10H,4-8,14H2,1-3H3. The molecule has 0 bridgehead atoms. The summed E-state index contributed by atoms with van der Waals surface area (Å²) in [4.78, 5) is 23.0. The Morgan fingerprint density at radius 2 is 2.18 bits per heavy atom. The van der Waals surface area contributed by atoms with Crippen LogP contribution >= 0.6 is 0 Å². The van der Waals surface area contributed by atoms with Gasteiger partial charge in [-0.15, -0.1) is 0 Å².